The minimum absolute atomic E-state index is 0.209. The van der Waals surface area contributed by atoms with Gasteiger partial charge in [-0.3, -0.25) is 0 Å². The molecule has 0 radical (unpaired) electrons. The minimum Gasteiger partial charge on any atom is -0.389 e. The molecule has 1 fully saturated rings. The van der Waals surface area contributed by atoms with Crippen LogP contribution in [-0.4, -0.2) is 17.7 Å². The maximum absolute atomic E-state index is 14.3. The molecule has 0 aliphatic carbocycles. The van der Waals surface area contributed by atoms with E-state index in [1.807, 2.05) is 6.07 Å². The standard InChI is InChI=1S/C16H24FNO/c1-3-13-8-5-4-6-11-18(13)16-14(12(2)19)9-7-10-15(16)17/h7,9-10,12-13,19H,3-6,8,11H2,1-2H3. The van der Waals surface area contributed by atoms with E-state index in [2.05, 4.69) is 11.8 Å². The smallest absolute Gasteiger partial charge is 0.146 e. The second kappa shape index (κ2) is 6.38. The number of aliphatic hydroxyl groups is 1. The summed E-state index contributed by atoms with van der Waals surface area (Å²) in [6.45, 7) is 4.75. The van der Waals surface area contributed by atoms with Crippen molar-refractivity contribution in [2.45, 2.75) is 58.1 Å². The van der Waals surface area contributed by atoms with Crippen LogP contribution in [-0.2, 0) is 0 Å². The molecule has 1 aliphatic rings. The Hall–Kier alpha value is -1.09. The highest BCUT2D eigenvalue weighted by Crippen LogP contribution is 2.34. The maximum Gasteiger partial charge on any atom is 0.146 e. The lowest BCUT2D eigenvalue weighted by Crippen LogP contribution is -2.36. The molecular formula is C16H24FNO. The molecular weight excluding hydrogens is 241 g/mol. The first-order valence-corrected chi connectivity index (χ1v) is 7.38. The van der Waals surface area contributed by atoms with Crippen LogP contribution in [0, 0.1) is 5.82 Å². The molecule has 19 heavy (non-hydrogen) atoms. The molecule has 1 aliphatic heterocycles. The van der Waals surface area contributed by atoms with Gasteiger partial charge < -0.3 is 10.0 Å². The zero-order valence-electron chi connectivity index (χ0n) is 11.9. The Morgan fingerprint density at radius 3 is 2.84 bits per heavy atom. The molecule has 0 bridgehead atoms. The summed E-state index contributed by atoms with van der Waals surface area (Å²) in [5.74, 6) is -0.209. The van der Waals surface area contributed by atoms with Crippen LogP contribution < -0.4 is 4.90 Å². The fourth-order valence-electron chi connectivity index (χ4n) is 3.07. The average Bonchev–Trinajstić information content (AvgIpc) is 2.63. The van der Waals surface area contributed by atoms with Gasteiger partial charge in [0.15, 0.2) is 0 Å². The normalized spacial score (nSPS) is 22.1. The highest BCUT2D eigenvalue weighted by molar-refractivity contribution is 5.56. The Kier molecular flexibility index (Phi) is 4.81. The zero-order chi connectivity index (χ0) is 13.8. The predicted molar refractivity (Wildman–Crippen MR) is 76.9 cm³/mol. The third-order valence-corrected chi connectivity index (χ3v) is 4.10. The SMILES string of the molecule is CCC1CCCCCN1c1c(F)cccc1C(C)O. The van der Waals surface area contributed by atoms with Gasteiger partial charge in [-0.1, -0.05) is 31.9 Å². The lowest BCUT2D eigenvalue weighted by Gasteiger charge is -2.34. The van der Waals surface area contributed by atoms with E-state index in [-0.39, 0.29) is 5.82 Å². The molecule has 1 aromatic rings. The lowest BCUT2D eigenvalue weighted by atomic mass is 10.0. The largest absolute Gasteiger partial charge is 0.389 e. The quantitative estimate of drug-likeness (QED) is 0.891. The number of nitrogens with zero attached hydrogens (tertiary/aromatic N) is 1. The van der Waals surface area contributed by atoms with E-state index in [1.165, 1.54) is 18.9 Å². The first-order chi connectivity index (χ1) is 9.15. The Bertz CT molecular complexity index is 419. The van der Waals surface area contributed by atoms with E-state index in [4.69, 9.17) is 0 Å². The van der Waals surface area contributed by atoms with Crippen molar-refractivity contribution in [1.29, 1.82) is 0 Å². The van der Waals surface area contributed by atoms with Gasteiger partial charge in [0.1, 0.15) is 5.82 Å². The zero-order valence-corrected chi connectivity index (χ0v) is 11.9. The van der Waals surface area contributed by atoms with Gasteiger partial charge in [-0.15, -0.1) is 0 Å². The van der Waals surface area contributed by atoms with E-state index >= 15 is 0 Å². The van der Waals surface area contributed by atoms with Crippen LogP contribution >= 0.6 is 0 Å². The van der Waals surface area contributed by atoms with Crippen molar-refractivity contribution in [2.24, 2.45) is 0 Å². The Labute approximate surface area is 115 Å². The van der Waals surface area contributed by atoms with Crippen LogP contribution in [0.2, 0.25) is 0 Å². The molecule has 2 unspecified atom stereocenters. The van der Waals surface area contributed by atoms with Crippen molar-refractivity contribution in [3.05, 3.63) is 29.6 Å². The summed E-state index contributed by atoms with van der Waals surface area (Å²) in [7, 11) is 0. The van der Waals surface area contributed by atoms with Gasteiger partial charge >= 0.3 is 0 Å². The molecule has 1 aromatic carbocycles. The predicted octanol–water partition coefficient (Wildman–Crippen LogP) is 4.04. The number of hydrogen-bond acceptors (Lipinski definition) is 2. The van der Waals surface area contributed by atoms with Crippen molar-refractivity contribution in [2.75, 3.05) is 11.4 Å². The molecule has 0 saturated carbocycles. The summed E-state index contributed by atoms with van der Waals surface area (Å²) in [4.78, 5) is 2.18. The van der Waals surface area contributed by atoms with Crippen LogP contribution in [0.15, 0.2) is 18.2 Å². The highest BCUT2D eigenvalue weighted by Gasteiger charge is 2.25. The minimum atomic E-state index is -0.633. The molecule has 106 valence electrons. The summed E-state index contributed by atoms with van der Waals surface area (Å²) >= 11 is 0. The Balaban J connectivity index is 2.42. The van der Waals surface area contributed by atoms with Gasteiger partial charge in [0.25, 0.3) is 0 Å². The summed E-state index contributed by atoms with van der Waals surface area (Å²) in [5.41, 5.74) is 1.33. The summed E-state index contributed by atoms with van der Waals surface area (Å²) in [6.07, 6.45) is 5.03. The molecule has 0 amide bonds. The van der Waals surface area contributed by atoms with Crippen molar-refractivity contribution >= 4 is 5.69 Å². The molecule has 0 spiro atoms. The first-order valence-electron chi connectivity index (χ1n) is 7.38. The molecule has 2 atom stereocenters. The highest BCUT2D eigenvalue weighted by atomic mass is 19.1. The molecule has 2 nitrogen and oxygen atoms in total. The molecule has 2 rings (SSSR count). The Morgan fingerprint density at radius 2 is 2.16 bits per heavy atom. The van der Waals surface area contributed by atoms with Crippen LogP contribution in [0.3, 0.4) is 0 Å². The first kappa shape index (κ1) is 14.3. The van der Waals surface area contributed by atoms with Crippen LogP contribution in [0.5, 0.6) is 0 Å². The number of halogens is 1. The molecule has 1 saturated heterocycles. The lowest BCUT2D eigenvalue weighted by molar-refractivity contribution is 0.199. The van der Waals surface area contributed by atoms with E-state index in [9.17, 15) is 9.50 Å². The van der Waals surface area contributed by atoms with E-state index < -0.39 is 6.10 Å². The van der Waals surface area contributed by atoms with Crippen molar-refractivity contribution < 1.29 is 9.50 Å². The topological polar surface area (TPSA) is 23.5 Å². The number of anilines is 1. The maximum atomic E-state index is 14.3. The van der Waals surface area contributed by atoms with Crippen molar-refractivity contribution in [3.63, 3.8) is 0 Å². The van der Waals surface area contributed by atoms with Crippen LogP contribution in [0.25, 0.3) is 0 Å². The third-order valence-electron chi connectivity index (χ3n) is 4.10. The van der Waals surface area contributed by atoms with Crippen LogP contribution in [0.4, 0.5) is 10.1 Å². The second-order valence-electron chi connectivity index (χ2n) is 5.46. The van der Waals surface area contributed by atoms with Crippen molar-refractivity contribution in [1.82, 2.24) is 0 Å². The Morgan fingerprint density at radius 1 is 1.37 bits per heavy atom. The van der Waals surface area contributed by atoms with E-state index in [0.29, 0.717) is 17.3 Å². The van der Waals surface area contributed by atoms with Gasteiger partial charge in [-0.25, -0.2) is 4.39 Å². The molecule has 0 aromatic heterocycles. The van der Waals surface area contributed by atoms with Crippen LogP contribution in [0.1, 0.15) is 57.6 Å². The number of para-hydroxylation sites is 1. The monoisotopic (exact) mass is 265 g/mol. The number of hydrogen-bond donors (Lipinski definition) is 1. The molecule has 3 heteroatoms. The third kappa shape index (κ3) is 3.08. The molecule has 1 heterocycles. The van der Waals surface area contributed by atoms with Gasteiger partial charge in [-0.2, -0.15) is 0 Å². The fourth-order valence-corrected chi connectivity index (χ4v) is 3.07. The van der Waals surface area contributed by atoms with E-state index in [1.54, 1.807) is 13.0 Å². The van der Waals surface area contributed by atoms with Gasteiger partial charge in [0.05, 0.1) is 11.8 Å². The van der Waals surface area contributed by atoms with Gasteiger partial charge in [0.2, 0.25) is 0 Å². The van der Waals surface area contributed by atoms with E-state index in [0.717, 1.165) is 25.8 Å². The summed E-state index contributed by atoms with van der Waals surface area (Å²) in [5, 5.41) is 9.90. The number of rotatable bonds is 3. The van der Waals surface area contributed by atoms with Gasteiger partial charge in [-0.05, 0) is 32.3 Å². The summed E-state index contributed by atoms with van der Waals surface area (Å²) < 4.78 is 14.3. The molecule has 1 N–H and O–H groups in total. The number of benzene rings is 1. The fraction of sp³-hybridized carbons (Fsp3) is 0.625. The second-order valence-corrected chi connectivity index (χ2v) is 5.46. The number of aliphatic hydroxyl groups excluding tert-OH is 1. The van der Waals surface area contributed by atoms with Gasteiger partial charge in [0, 0.05) is 18.2 Å². The average molecular weight is 265 g/mol. The summed E-state index contributed by atoms with van der Waals surface area (Å²) in [6, 6.07) is 5.40. The van der Waals surface area contributed by atoms with Crippen molar-refractivity contribution in [3.8, 4) is 0 Å².